The number of hydrogen-bond donors (Lipinski definition) is 1. The van der Waals surface area contributed by atoms with Crippen LogP contribution < -0.4 is 32.5 Å². The Kier molecular flexibility index (Phi) is 8.54. The van der Waals surface area contributed by atoms with E-state index in [-0.39, 0.29) is 11.0 Å². The van der Waals surface area contributed by atoms with Crippen molar-refractivity contribution in [1.29, 1.82) is 0 Å². The smallest absolute Gasteiger partial charge is 0.341 e. The van der Waals surface area contributed by atoms with Crippen LogP contribution in [0.15, 0.2) is 202 Å². The van der Waals surface area contributed by atoms with Gasteiger partial charge in [0, 0.05) is 27.7 Å². The largest absolute Gasteiger partial charge is 0.355 e. The number of hydrogen-bond acceptors (Lipinski definition) is 5. The van der Waals surface area contributed by atoms with E-state index in [1.54, 1.807) is 12.1 Å². The predicted octanol–water partition coefficient (Wildman–Crippen LogP) is 8.09. The zero-order valence-electron chi connectivity index (χ0n) is 27.5. The van der Waals surface area contributed by atoms with Crippen LogP contribution in [0.2, 0.25) is 0 Å². The summed E-state index contributed by atoms with van der Waals surface area (Å²) in [7, 11) is -2.76. The lowest BCUT2D eigenvalue weighted by Gasteiger charge is -2.27. The monoisotopic (exact) mass is 681 g/mol. The Morgan fingerprint density at radius 3 is 1.39 bits per heavy atom. The number of para-hydroxylation sites is 3. The third-order valence-corrected chi connectivity index (χ3v) is 12.4. The third-order valence-electron chi connectivity index (χ3n) is 8.72. The van der Waals surface area contributed by atoms with E-state index in [0.29, 0.717) is 22.9 Å². The zero-order valence-corrected chi connectivity index (χ0v) is 28.3. The van der Waals surface area contributed by atoms with Gasteiger partial charge >= 0.3 is 5.69 Å². The summed E-state index contributed by atoms with van der Waals surface area (Å²) < 4.78 is 8.38. The van der Waals surface area contributed by atoms with Gasteiger partial charge in [-0.3, -0.25) is 4.79 Å². The minimum atomic E-state index is -2.76. The van der Waals surface area contributed by atoms with Gasteiger partial charge in [-0.1, -0.05) is 146 Å². The minimum Gasteiger partial charge on any atom is -0.355 e. The van der Waals surface area contributed by atoms with Crippen LogP contribution in [0.1, 0.15) is 0 Å². The summed E-state index contributed by atoms with van der Waals surface area (Å²) in [6, 6.07) is 60.6. The van der Waals surface area contributed by atoms with Crippen LogP contribution in [0.3, 0.4) is 0 Å². The topological polar surface area (TPSA) is 81.3 Å². The van der Waals surface area contributed by atoms with Crippen molar-refractivity contribution in [3.05, 3.63) is 209 Å². The molecule has 51 heavy (non-hydrogen) atoms. The molecule has 1 N–H and O–H groups in total. The zero-order chi connectivity index (χ0) is 34.6. The maximum absolute atomic E-state index is 14.7. The fraction of sp³-hybridized carbons (Fsp3) is 0. The van der Waals surface area contributed by atoms with Gasteiger partial charge in [-0.15, -0.1) is 0 Å². The van der Waals surface area contributed by atoms with E-state index >= 15 is 0 Å². The van der Waals surface area contributed by atoms with Crippen LogP contribution in [0.4, 0.5) is 17.2 Å². The molecule has 0 aliphatic carbocycles. The van der Waals surface area contributed by atoms with Crippen molar-refractivity contribution in [2.24, 2.45) is 4.74 Å². The minimum absolute atomic E-state index is 0.204. The number of fused-ring (bicyclic) bond motifs is 1. The van der Waals surface area contributed by atoms with Gasteiger partial charge in [0.1, 0.15) is 5.39 Å². The number of rotatable bonds is 8. The normalized spacial score (nSPS) is 11.3. The van der Waals surface area contributed by atoms with E-state index < -0.39 is 18.3 Å². The molecule has 0 radical (unpaired) electrons. The molecule has 0 spiro atoms. The van der Waals surface area contributed by atoms with E-state index in [1.165, 1.54) is 9.13 Å². The quantitative estimate of drug-likeness (QED) is 0.165. The molecule has 8 heteroatoms. The molecule has 2 aromatic heterocycles. The molecule has 6 aromatic carbocycles. The van der Waals surface area contributed by atoms with Crippen molar-refractivity contribution in [2.75, 3.05) is 5.32 Å². The lowest BCUT2D eigenvalue weighted by Crippen LogP contribution is -2.39. The summed E-state index contributed by atoms with van der Waals surface area (Å²) in [6.07, 6.45) is 0. The molecule has 0 amide bonds. The Morgan fingerprint density at radius 2 is 0.922 bits per heavy atom. The van der Waals surface area contributed by atoms with Crippen LogP contribution in [0, 0.1) is 0 Å². The van der Waals surface area contributed by atoms with Crippen molar-refractivity contribution in [1.82, 2.24) is 14.1 Å². The highest BCUT2D eigenvalue weighted by atomic mass is 31.2. The number of pyridine rings is 1. The van der Waals surface area contributed by atoms with Gasteiger partial charge in [-0.2, -0.15) is 0 Å². The number of nitrogens with zero attached hydrogens (tertiary/aromatic N) is 4. The van der Waals surface area contributed by atoms with Crippen LogP contribution in [0.25, 0.3) is 22.4 Å². The van der Waals surface area contributed by atoms with Gasteiger partial charge in [-0.05, 0) is 36.4 Å². The molecule has 0 saturated heterocycles. The van der Waals surface area contributed by atoms with Crippen molar-refractivity contribution >= 4 is 51.2 Å². The molecule has 0 saturated carbocycles. The highest BCUT2D eigenvalue weighted by Gasteiger charge is 2.29. The summed E-state index contributed by atoms with van der Waals surface area (Å²) in [5.74, 6) is 0.381. The Balaban J connectivity index is 1.55. The van der Waals surface area contributed by atoms with Crippen LogP contribution >= 0.6 is 7.05 Å². The predicted molar refractivity (Wildman–Crippen MR) is 210 cm³/mol. The lowest BCUT2D eigenvalue weighted by atomic mass is 10.2. The van der Waals surface area contributed by atoms with Gasteiger partial charge in [0.2, 0.25) is 0 Å². The number of nitrogens with one attached hydrogen (secondary N) is 1. The van der Waals surface area contributed by atoms with Crippen LogP contribution in [0.5, 0.6) is 0 Å². The Hall–Kier alpha value is -6.56. The van der Waals surface area contributed by atoms with Crippen molar-refractivity contribution < 1.29 is 0 Å². The first kappa shape index (κ1) is 31.7. The lowest BCUT2D eigenvalue weighted by molar-refractivity contribution is 0.826. The molecule has 7 nitrogen and oxygen atoms in total. The van der Waals surface area contributed by atoms with Crippen molar-refractivity contribution in [3.63, 3.8) is 0 Å². The van der Waals surface area contributed by atoms with E-state index in [2.05, 4.69) is 41.7 Å². The molecule has 0 fully saturated rings. The molecule has 246 valence electrons. The highest BCUT2D eigenvalue weighted by molar-refractivity contribution is 7.87. The molecule has 8 rings (SSSR count). The second kappa shape index (κ2) is 13.7. The van der Waals surface area contributed by atoms with E-state index in [9.17, 15) is 9.59 Å². The van der Waals surface area contributed by atoms with Gasteiger partial charge in [0.15, 0.2) is 11.5 Å². The van der Waals surface area contributed by atoms with Crippen LogP contribution in [-0.2, 0) is 0 Å². The Morgan fingerprint density at radius 1 is 0.510 bits per heavy atom. The summed E-state index contributed by atoms with van der Waals surface area (Å²) in [5.41, 5.74) is 1.47. The van der Waals surface area contributed by atoms with Crippen molar-refractivity contribution in [3.8, 4) is 11.4 Å². The fourth-order valence-electron chi connectivity index (χ4n) is 6.43. The first-order valence-corrected chi connectivity index (χ1v) is 18.3. The van der Waals surface area contributed by atoms with E-state index in [0.717, 1.165) is 21.6 Å². The molecule has 0 aliphatic heterocycles. The van der Waals surface area contributed by atoms with Gasteiger partial charge in [0.25, 0.3) is 5.56 Å². The number of benzene rings is 6. The maximum atomic E-state index is 14.7. The average molecular weight is 682 g/mol. The third kappa shape index (κ3) is 5.90. The van der Waals surface area contributed by atoms with Crippen molar-refractivity contribution in [2.45, 2.75) is 0 Å². The molecule has 0 unspecified atom stereocenters. The first-order chi connectivity index (χ1) is 25.1. The molecule has 0 aliphatic rings. The maximum Gasteiger partial charge on any atom is 0.341 e. The van der Waals surface area contributed by atoms with Crippen LogP contribution in [-0.4, -0.2) is 14.1 Å². The summed E-state index contributed by atoms with van der Waals surface area (Å²) in [6.45, 7) is 0. The summed E-state index contributed by atoms with van der Waals surface area (Å²) in [4.78, 5) is 34.4. The number of aromatic nitrogens is 3. The molecular weight excluding hydrogens is 649 g/mol. The fourth-order valence-corrected chi connectivity index (χ4v) is 9.89. The first-order valence-electron chi connectivity index (χ1n) is 16.6. The van der Waals surface area contributed by atoms with Gasteiger partial charge < -0.3 is 5.32 Å². The molecular formula is C43H32N5O2P. The average Bonchev–Trinajstić information content (AvgIpc) is 3.19. The number of anilines is 2. The van der Waals surface area contributed by atoms with Gasteiger partial charge in [0.05, 0.1) is 24.1 Å². The Labute approximate surface area is 294 Å². The van der Waals surface area contributed by atoms with Gasteiger partial charge in [-0.25, -0.2) is 23.7 Å². The Bertz CT molecular complexity index is 2530. The SMILES string of the molecule is O=c1c2c(Nc3ccccc3)cc(N=P(c3ccccc3)(c3ccccc3)c3ccccc3)nc2n(-c2ccccc2)c(=O)n1-c1ccccc1. The summed E-state index contributed by atoms with van der Waals surface area (Å²) >= 11 is 0. The second-order valence-corrected chi connectivity index (χ2v) is 14.9. The van der Waals surface area contributed by atoms with E-state index in [4.69, 9.17) is 9.73 Å². The molecule has 0 bridgehead atoms. The molecule has 2 heterocycles. The van der Waals surface area contributed by atoms with E-state index in [1.807, 2.05) is 140 Å². The summed E-state index contributed by atoms with van der Waals surface area (Å²) in [5, 5.41) is 6.88. The highest BCUT2D eigenvalue weighted by Crippen LogP contribution is 2.49. The molecule has 8 aromatic rings. The second-order valence-electron chi connectivity index (χ2n) is 11.9. The molecule has 0 atom stereocenters. The standard InChI is InChI=1S/C43H32N5O2P/c49-42-40-38(44-32-19-7-1-8-20-32)31-39(45-41(40)47(33-21-9-2-10-22-33)43(50)48(42)34-23-11-3-12-24-34)46-51(35-25-13-4-14-26-35,36-27-15-5-16-28-36)37-29-17-6-18-30-37/h1-31H,(H,44,45).